The number of hydrogen-bond donors (Lipinski definition) is 2. The lowest BCUT2D eigenvalue weighted by Gasteiger charge is -2.33. The number of H-pyrrole nitrogens is 1. The summed E-state index contributed by atoms with van der Waals surface area (Å²) in [6.07, 6.45) is 8.32. The van der Waals surface area contributed by atoms with Gasteiger partial charge in [0, 0.05) is 24.3 Å². The van der Waals surface area contributed by atoms with Crippen molar-refractivity contribution in [2.75, 3.05) is 6.54 Å². The van der Waals surface area contributed by atoms with Gasteiger partial charge in [0.05, 0.1) is 27.6 Å². The van der Waals surface area contributed by atoms with Gasteiger partial charge in [0.1, 0.15) is 5.52 Å². The van der Waals surface area contributed by atoms with Crippen molar-refractivity contribution in [1.82, 2.24) is 25.2 Å². The van der Waals surface area contributed by atoms with Gasteiger partial charge in [-0.3, -0.25) is 10.1 Å². The average Bonchev–Trinajstić information content (AvgIpc) is 3.28. The highest BCUT2D eigenvalue weighted by Crippen LogP contribution is 2.25. The number of carbonyl (C=O) groups is 2. The molecule has 1 aliphatic carbocycles. The third kappa shape index (κ3) is 5.07. The highest BCUT2D eigenvalue weighted by molar-refractivity contribution is 7.92. The van der Waals surface area contributed by atoms with Crippen LogP contribution in [0.15, 0.2) is 41.6 Å². The van der Waals surface area contributed by atoms with Crippen LogP contribution < -0.4 is 5.32 Å². The molecule has 0 spiro atoms. The Bertz CT molecular complexity index is 1330. The van der Waals surface area contributed by atoms with Crippen LogP contribution in [0.25, 0.3) is 22.4 Å². The summed E-state index contributed by atoms with van der Waals surface area (Å²) in [6, 6.07) is 6.19. The van der Waals surface area contributed by atoms with Gasteiger partial charge in [-0.2, -0.15) is 0 Å². The molecule has 1 aromatic carbocycles. The van der Waals surface area contributed by atoms with Crippen molar-refractivity contribution in [3.63, 3.8) is 0 Å². The minimum atomic E-state index is -3.38. The van der Waals surface area contributed by atoms with Crippen LogP contribution >= 0.6 is 0 Å². The molecule has 0 bridgehead atoms. The number of amides is 3. The molecule has 4 rings (SSSR count). The molecule has 2 N–H and O–H groups in total. The lowest BCUT2D eigenvalue weighted by atomic mass is 9.94. The van der Waals surface area contributed by atoms with Crippen LogP contribution in [0.2, 0.25) is 0 Å². The van der Waals surface area contributed by atoms with Gasteiger partial charge in [-0.05, 0) is 45.7 Å². The van der Waals surface area contributed by atoms with Crippen LogP contribution in [0, 0.1) is 0 Å². The van der Waals surface area contributed by atoms with Gasteiger partial charge in [0.2, 0.25) is 0 Å². The second-order valence-electron chi connectivity index (χ2n) is 9.11. The van der Waals surface area contributed by atoms with Gasteiger partial charge >= 0.3 is 6.03 Å². The molecule has 1 fully saturated rings. The van der Waals surface area contributed by atoms with Crippen LogP contribution in [0.4, 0.5) is 4.79 Å². The Labute approximate surface area is 205 Å². The predicted octanol–water partition coefficient (Wildman–Crippen LogP) is 4.31. The first kappa shape index (κ1) is 24.8. The number of benzene rings is 1. The monoisotopic (exact) mass is 497 g/mol. The number of aromatic amines is 1. The van der Waals surface area contributed by atoms with Crippen molar-refractivity contribution < 1.29 is 18.0 Å². The van der Waals surface area contributed by atoms with E-state index in [2.05, 4.69) is 20.3 Å². The Balaban J connectivity index is 1.56. The van der Waals surface area contributed by atoms with E-state index in [1.165, 1.54) is 12.6 Å². The molecule has 3 aromatic rings. The highest BCUT2D eigenvalue weighted by atomic mass is 32.2. The fourth-order valence-corrected chi connectivity index (χ4v) is 5.55. The molecule has 3 amide bonds. The normalized spacial score (nSPS) is 14.9. The number of carbonyl (C=O) groups excluding carboxylic acids is 2. The third-order valence-electron chi connectivity index (χ3n) is 6.56. The topological polar surface area (TPSA) is 125 Å². The number of urea groups is 1. The van der Waals surface area contributed by atoms with Crippen molar-refractivity contribution in [2.24, 2.45) is 0 Å². The van der Waals surface area contributed by atoms with Crippen molar-refractivity contribution in [3.8, 4) is 11.3 Å². The molecule has 186 valence electrons. The minimum absolute atomic E-state index is 0.151. The molecular formula is C25H31N5O4S. The van der Waals surface area contributed by atoms with Crippen LogP contribution in [-0.2, 0) is 9.84 Å². The maximum absolute atomic E-state index is 13.0. The Kier molecular flexibility index (Phi) is 7.20. The number of nitrogens with zero attached hydrogens (tertiary/aromatic N) is 3. The maximum Gasteiger partial charge on any atom is 0.324 e. The summed E-state index contributed by atoms with van der Waals surface area (Å²) in [4.78, 5) is 39.7. The molecule has 1 aliphatic rings. The summed E-state index contributed by atoms with van der Waals surface area (Å²) in [5, 5.41) is 1.99. The molecule has 2 aromatic heterocycles. The van der Waals surface area contributed by atoms with E-state index in [9.17, 15) is 18.0 Å². The maximum atomic E-state index is 13.0. The number of nitrogens with one attached hydrogen (secondary N) is 2. The summed E-state index contributed by atoms with van der Waals surface area (Å²) < 4.78 is 24.8. The first-order valence-electron chi connectivity index (χ1n) is 12.0. The van der Waals surface area contributed by atoms with E-state index in [0.29, 0.717) is 29.0 Å². The second-order valence-corrected chi connectivity index (χ2v) is 11.6. The summed E-state index contributed by atoms with van der Waals surface area (Å²) in [5.41, 5.74) is 2.14. The van der Waals surface area contributed by atoms with Gasteiger partial charge < -0.3 is 9.88 Å². The molecule has 0 saturated heterocycles. The van der Waals surface area contributed by atoms with E-state index in [0.717, 1.165) is 25.7 Å². The van der Waals surface area contributed by atoms with E-state index in [1.807, 2.05) is 6.92 Å². The van der Waals surface area contributed by atoms with Crippen molar-refractivity contribution in [2.45, 2.75) is 69.1 Å². The van der Waals surface area contributed by atoms with E-state index < -0.39 is 27.0 Å². The van der Waals surface area contributed by atoms with Crippen LogP contribution in [-0.4, -0.2) is 58.0 Å². The van der Waals surface area contributed by atoms with E-state index in [-0.39, 0.29) is 16.5 Å². The molecule has 35 heavy (non-hydrogen) atoms. The zero-order valence-corrected chi connectivity index (χ0v) is 21.1. The van der Waals surface area contributed by atoms with E-state index in [4.69, 9.17) is 0 Å². The molecule has 10 heteroatoms. The molecule has 1 saturated carbocycles. The van der Waals surface area contributed by atoms with Gasteiger partial charge in [0.25, 0.3) is 5.91 Å². The van der Waals surface area contributed by atoms with Crippen molar-refractivity contribution in [1.29, 1.82) is 0 Å². The van der Waals surface area contributed by atoms with Crippen LogP contribution in [0.1, 0.15) is 63.2 Å². The van der Waals surface area contributed by atoms with Gasteiger partial charge in [-0.15, -0.1) is 0 Å². The average molecular weight is 498 g/mol. The second kappa shape index (κ2) is 10.2. The first-order chi connectivity index (χ1) is 16.7. The van der Waals surface area contributed by atoms with Crippen molar-refractivity contribution >= 4 is 32.9 Å². The highest BCUT2D eigenvalue weighted by Gasteiger charge is 2.26. The van der Waals surface area contributed by atoms with E-state index >= 15 is 0 Å². The van der Waals surface area contributed by atoms with Gasteiger partial charge in [-0.25, -0.2) is 23.2 Å². The van der Waals surface area contributed by atoms with Gasteiger partial charge in [-0.1, -0.05) is 31.4 Å². The zero-order valence-electron chi connectivity index (χ0n) is 20.2. The number of imide groups is 1. The number of sulfone groups is 1. The van der Waals surface area contributed by atoms with Crippen LogP contribution in [0.5, 0.6) is 0 Å². The molecule has 0 aliphatic heterocycles. The van der Waals surface area contributed by atoms with Gasteiger partial charge in [0.15, 0.2) is 15.5 Å². The summed E-state index contributed by atoms with van der Waals surface area (Å²) in [6.45, 7) is 5.73. The molecule has 2 heterocycles. The largest absolute Gasteiger partial charge is 0.344 e. The first-order valence-corrected chi connectivity index (χ1v) is 13.6. The Hall–Kier alpha value is -3.27. The van der Waals surface area contributed by atoms with E-state index in [1.54, 1.807) is 49.2 Å². The molecular weight excluding hydrogens is 466 g/mol. The number of hydrogen-bond acceptors (Lipinski definition) is 6. The summed E-state index contributed by atoms with van der Waals surface area (Å²) >= 11 is 0. The third-order valence-corrected chi connectivity index (χ3v) is 8.73. The number of aromatic nitrogens is 3. The fraction of sp³-hybridized carbons (Fsp3) is 0.440. The van der Waals surface area contributed by atoms with Crippen LogP contribution in [0.3, 0.4) is 0 Å². The van der Waals surface area contributed by atoms with Crippen molar-refractivity contribution in [3.05, 3.63) is 42.2 Å². The quantitative estimate of drug-likeness (QED) is 0.523. The molecule has 0 atom stereocenters. The summed E-state index contributed by atoms with van der Waals surface area (Å²) in [5.74, 6) is -0.541. The SMILES string of the molecule is CCN(C(=O)NC(=O)c1c[nH]c2ncc(-c3ccc(S(=O)(=O)C(C)C)cc3)nc12)C1CCCCC1. The Morgan fingerprint density at radius 1 is 1.14 bits per heavy atom. The predicted molar refractivity (Wildman–Crippen MR) is 134 cm³/mol. The lowest BCUT2D eigenvalue weighted by molar-refractivity contribution is 0.0941. The number of rotatable bonds is 6. The minimum Gasteiger partial charge on any atom is -0.344 e. The Morgan fingerprint density at radius 2 is 1.83 bits per heavy atom. The summed E-state index contributed by atoms with van der Waals surface area (Å²) in [7, 11) is -3.38. The molecule has 0 radical (unpaired) electrons. The lowest BCUT2D eigenvalue weighted by Crippen LogP contribution is -2.48. The Morgan fingerprint density at radius 3 is 2.46 bits per heavy atom. The standard InChI is InChI=1S/C25H31N5O4S/c1-4-30(18-8-6-5-7-9-18)25(32)29-24(31)20-14-26-23-22(20)28-21(15-27-23)17-10-12-19(13-11-17)35(33,34)16(2)3/h10-16,18H,4-9H2,1-3H3,(H,26,27)(H,29,31,32). The molecule has 9 nitrogen and oxygen atoms in total. The molecule has 0 unspecified atom stereocenters. The fourth-order valence-electron chi connectivity index (χ4n) is 4.49. The zero-order chi connectivity index (χ0) is 25.2. The smallest absolute Gasteiger partial charge is 0.324 e. The number of fused-ring (bicyclic) bond motifs is 1.